The van der Waals surface area contributed by atoms with Gasteiger partial charge in [-0.25, -0.2) is 0 Å². The second kappa shape index (κ2) is 7.92. The number of nitrogens with zero attached hydrogens (tertiary/aromatic N) is 1. The Bertz CT molecular complexity index is 630. The molecule has 1 saturated carbocycles. The van der Waals surface area contributed by atoms with Gasteiger partial charge in [-0.15, -0.1) is 0 Å². The Balaban J connectivity index is 1.52. The first kappa shape index (κ1) is 18.5. The van der Waals surface area contributed by atoms with Crippen molar-refractivity contribution < 1.29 is 4.79 Å². The average molecular weight is 361 g/mol. The average Bonchev–Trinajstić information content (AvgIpc) is 3.41. The van der Waals surface area contributed by atoms with Crippen LogP contribution in [0.5, 0.6) is 0 Å². The van der Waals surface area contributed by atoms with Crippen LogP contribution in [0, 0.1) is 5.92 Å². The maximum absolute atomic E-state index is 12.8. The van der Waals surface area contributed by atoms with Gasteiger partial charge in [-0.3, -0.25) is 9.69 Å². The first-order chi connectivity index (χ1) is 12.0. The van der Waals surface area contributed by atoms with Crippen LogP contribution in [-0.4, -0.2) is 37.0 Å². The molecule has 0 radical (unpaired) electrons. The molecule has 0 unspecified atom stereocenters. The molecule has 0 spiro atoms. The summed E-state index contributed by atoms with van der Waals surface area (Å²) in [6.45, 7) is 8.36. The Morgan fingerprint density at radius 2 is 2.04 bits per heavy atom. The first-order valence-electron chi connectivity index (χ1n) is 9.40. The van der Waals surface area contributed by atoms with Crippen molar-refractivity contribution in [1.82, 2.24) is 10.2 Å². The zero-order valence-electron chi connectivity index (χ0n) is 15.4. The van der Waals surface area contributed by atoms with Gasteiger partial charge < -0.3 is 5.32 Å². The molecule has 1 N–H and O–H groups in total. The third-order valence-electron chi connectivity index (χ3n) is 5.49. The van der Waals surface area contributed by atoms with Crippen LogP contribution in [0.2, 0.25) is 5.02 Å². The van der Waals surface area contributed by atoms with Crippen LogP contribution in [0.1, 0.15) is 45.1 Å². The van der Waals surface area contributed by atoms with Crippen LogP contribution in [0.3, 0.4) is 0 Å². The first-order valence-corrected chi connectivity index (χ1v) is 9.77. The van der Waals surface area contributed by atoms with Crippen molar-refractivity contribution in [1.29, 1.82) is 0 Å². The molecule has 1 aliphatic carbocycles. The van der Waals surface area contributed by atoms with E-state index in [9.17, 15) is 4.79 Å². The summed E-state index contributed by atoms with van der Waals surface area (Å²) in [5.41, 5.74) is 2.17. The SMILES string of the molecule is CC(C)=CCN1CCC[C@H](CNC(=O)C2(c3ccc(Cl)cc3)CC2)C1. The minimum Gasteiger partial charge on any atom is -0.355 e. The highest BCUT2D eigenvalue weighted by Crippen LogP contribution is 2.48. The van der Waals surface area contributed by atoms with E-state index in [2.05, 4.69) is 30.1 Å². The number of benzene rings is 1. The van der Waals surface area contributed by atoms with Crippen molar-refractivity contribution in [3.63, 3.8) is 0 Å². The lowest BCUT2D eigenvalue weighted by Crippen LogP contribution is -2.43. The highest BCUT2D eigenvalue weighted by atomic mass is 35.5. The largest absolute Gasteiger partial charge is 0.355 e. The number of carbonyl (C=O) groups is 1. The van der Waals surface area contributed by atoms with Crippen LogP contribution < -0.4 is 5.32 Å². The molecular formula is C21H29ClN2O. The standard InChI is InChI=1S/C21H29ClN2O/c1-16(2)9-13-24-12-3-4-17(15-24)14-23-20(25)21(10-11-21)18-5-7-19(22)8-6-18/h5-9,17H,3-4,10-15H2,1-2H3,(H,23,25)/t17-/m1/s1. The number of carbonyl (C=O) groups excluding carboxylic acids is 1. The highest BCUT2D eigenvalue weighted by molar-refractivity contribution is 6.30. The Morgan fingerprint density at radius 3 is 2.68 bits per heavy atom. The van der Waals surface area contributed by atoms with Gasteiger partial charge >= 0.3 is 0 Å². The molecule has 1 amide bonds. The summed E-state index contributed by atoms with van der Waals surface area (Å²) < 4.78 is 0. The van der Waals surface area contributed by atoms with E-state index < -0.39 is 0 Å². The van der Waals surface area contributed by atoms with E-state index in [-0.39, 0.29) is 11.3 Å². The van der Waals surface area contributed by atoms with E-state index in [1.807, 2.05) is 24.3 Å². The maximum atomic E-state index is 12.8. The molecule has 1 aliphatic heterocycles. The minimum absolute atomic E-state index is 0.191. The van der Waals surface area contributed by atoms with Crippen LogP contribution in [0.4, 0.5) is 0 Å². The fourth-order valence-electron chi connectivity index (χ4n) is 3.74. The number of rotatable bonds is 6. The van der Waals surface area contributed by atoms with Gasteiger partial charge in [-0.1, -0.05) is 35.4 Å². The smallest absolute Gasteiger partial charge is 0.230 e. The van der Waals surface area contributed by atoms with Crippen molar-refractivity contribution in [2.45, 2.75) is 44.9 Å². The summed E-state index contributed by atoms with van der Waals surface area (Å²) in [6.07, 6.45) is 6.61. The third kappa shape index (κ3) is 4.65. The van der Waals surface area contributed by atoms with Crippen molar-refractivity contribution in [3.8, 4) is 0 Å². The monoisotopic (exact) mass is 360 g/mol. The molecule has 2 fully saturated rings. The lowest BCUT2D eigenvalue weighted by Gasteiger charge is -2.32. The fraction of sp³-hybridized carbons (Fsp3) is 0.571. The van der Waals surface area contributed by atoms with Gasteiger partial charge in [0.1, 0.15) is 0 Å². The molecule has 1 aromatic rings. The van der Waals surface area contributed by atoms with Gasteiger partial charge in [0.05, 0.1) is 5.41 Å². The molecule has 1 atom stereocenters. The van der Waals surface area contributed by atoms with Crippen LogP contribution >= 0.6 is 11.6 Å². The molecule has 1 heterocycles. The van der Waals surface area contributed by atoms with Crippen molar-refractivity contribution >= 4 is 17.5 Å². The summed E-state index contributed by atoms with van der Waals surface area (Å²) >= 11 is 5.97. The number of hydrogen-bond acceptors (Lipinski definition) is 2. The van der Waals surface area contributed by atoms with Crippen LogP contribution in [0.25, 0.3) is 0 Å². The maximum Gasteiger partial charge on any atom is 0.230 e. The predicted octanol–water partition coefficient (Wildman–Crippen LogP) is 4.17. The van der Waals surface area contributed by atoms with E-state index in [1.54, 1.807) is 0 Å². The molecule has 2 aliphatic rings. The topological polar surface area (TPSA) is 32.3 Å². The molecule has 3 nitrogen and oxygen atoms in total. The van der Waals surface area contributed by atoms with Gasteiger partial charge in [-0.05, 0) is 69.7 Å². The molecule has 136 valence electrons. The minimum atomic E-state index is -0.305. The summed E-state index contributed by atoms with van der Waals surface area (Å²) in [5, 5.41) is 3.96. The summed E-state index contributed by atoms with van der Waals surface area (Å²) in [6, 6.07) is 7.76. The quantitative estimate of drug-likeness (QED) is 0.772. The van der Waals surface area contributed by atoms with Gasteiger partial charge in [-0.2, -0.15) is 0 Å². The number of allylic oxidation sites excluding steroid dienone is 1. The molecule has 4 heteroatoms. The zero-order chi connectivity index (χ0) is 17.9. The van der Waals surface area contributed by atoms with Crippen molar-refractivity contribution in [3.05, 3.63) is 46.5 Å². The summed E-state index contributed by atoms with van der Waals surface area (Å²) in [7, 11) is 0. The molecule has 0 aromatic heterocycles. The molecular weight excluding hydrogens is 332 g/mol. The Kier molecular flexibility index (Phi) is 5.85. The van der Waals surface area contributed by atoms with E-state index in [0.717, 1.165) is 43.1 Å². The number of likely N-dealkylation sites (tertiary alicyclic amines) is 1. The second-order valence-corrected chi connectivity index (χ2v) is 8.28. The highest BCUT2D eigenvalue weighted by Gasteiger charge is 2.51. The Labute approximate surface area is 156 Å². The molecule has 25 heavy (non-hydrogen) atoms. The van der Waals surface area contributed by atoms with Crippen molar-refractivity contribution in [2.24, 2.45) is 5.92 Å². The molecule has 1 aromatic carbocycles. The molecule has 0 bridgehead atoms. The Morgan fingerprint density at radius 1 is 1.32 bits per heavy atom. The van der Waals surface area contributed by atoms with E-state index in [4.69, 9.17) is 11.6 Å². The number of hydrogen-bond donors (Lipinski definition) is 1. The van der Waals surface area contributed by atoms with Crippen molar-refractivity contribution in [2.75, 3.05) is 26.2 Å². The van der Waals surface area contributed by atoms with Gasteiger partial charge in [0.25, 0.3) is 0 Å². The number of halogens is 1. The number of nitrogens with one attached hydrogen (secondary N) is 1. The van der Waals surface area contributed by atoms with Gasteiger partial charge in [0.15, 0.2) is 0 Å². The van der Waals surface area contributed by atoms with E-state index in [1.165, 1.54) is 25.0 Å². The number of amides is 1. The van der Waals surface area contributed by atoms with Crippen LogP contribution in [0.15, 0.2) is 35.9 Å². The van der Waals surface area contributed by atoms with Crippen LogP contribution in [-0.2, 0) is 10.2 Å². The normalized spacial score (nSPS) is 22.3. The summed E-state index contributed by atoms with van der Waals surface area (Å²) in [4.78, 5) is 15.3. The fourth-order valence-corrected chi connectivity index (χ4v) is 3.87. The predicted molar refractivity (Wildman–Crippen MR) is 104 cm³/mol. The van der Waals surface area contributed by atoms with E-state index in [0.29, 0.717) is 5.92 Å². The third-order valence-corrected chi connectivity index (χ3v) is 5.75. The lowest BCUT2D eigenvalue weighted by atomic mass is 9.93. The zero-order valence-corrected chi connectivity index (χ0v) is 16.1. The molecule has 1 saturated heterocycles. The van der Waals surface area contributed by atoms with Gasteiger partial charge in [0.2, 0.25) is 5.91 Å². The van der Waals surface area contributed by atoms with E-state index >= 15 is 0 Å². The lowest BCUT2D eigenvalue weighted by molar-refractivity contribution is -0.123. The van der Waals surface area contributed by atoms with Gasteiger partial charge in [0, 0.05) is 24.7 Å². The molecule has 3 rings (SSSR count). The second-order valence-electron chi connectivity index (χ2n) is 7.85. The Hall–Kier alpha value is -1.32. The summed E-state index contributed by atoms with van der Waals surface area (Å²) in [5.74, 6) is 0.750. The number of piperidine rings is 1.